The zero-order valence-corrected chi connectivity index (χ0v) is 28.9. The highest BCUT2D eigenvalue weighted by molar-refractivity contribution is 6.03. The molecular formula is C38H55N3O7. The number of oxime groups is 1. The number of amides is 1. The SMILES string of the molecule is C=CCO[C@@]12Oc3ccc(OCCN4CC4)cc3[C@H]3[C@H](CCCCO)[C@@H](CCCCO)C=C(C(=NOCC)C[C@@H]1N(C)C(=O)C1CC1)[C@H]32. The second-order valence-corrected chi connectivity index (χ2v) is 14.1. The van der Waals surface area contributed by atoms with E-state index in [2.05, 4.69) is 23.6 Å². The molecule has 5 aliphatic rings. The maximum Gasteiger partial charge on any atom is 0.239 e. The Hall–Kier alpha value is -2.92. The summed E-state index contributed by atoms with van der Waals surface area (Å²) in [5.74, 6) is 0.615. The van der Waals surface area contributed by atoms with Crippen LogP contribution < -0.4 is 9.47 Å². The third-order valence-corrected chi connectivity index (χ3v) is 10.9. The van der Waals surface area contributed by atoms with E-state index >= 15 is 0 Å². The van der Waals surface area contributed by atoms with Crippen molar-refractivity contribution in [2.45, 2.75) is 82.5 Å². The van der Waals surface area contributed by atoms with Crippen LogP contribution in [0, 0.1) is 23.7 Å². The molecule has 3 fully saturated rings. The number of rotatable bonds is 19. The topological polar surface area (TPSA) is 113 Å². The summed E-state index contributed by atoms with van der Waals surface area (Å²) in [6.07, 6.45) is 11.5. The molecule has 264 valence electrons. The lowest BCUT2D eigenvalue weighted by molar-refractivity contribution is -0.255. The molecule has 10 nitrogen and oxygen atoms in total. The Bertz CT molecular complexity index is 1340. The van der Waals surface area contributed by atoms with Crippen LogP contribution in [-0.2, 0) is 14.4 Å². The van der Waals surface area contributed by atoms with E-state index in [4.69, 9.17) is 24.2 Å². The molecule has 0 spiro atoms. The van der Waals surface area contributed by atoms with Gasteiger partial charge in [-0.25, -0.2) is 0 Å². The number of benzene rings is 1. The predicted octanol–water partition coefficient (Wildman–Crippen LogP) is 4.90. The summed E-state index contributed by atoms with van der Waals surface area (Å²) in [5.41, 5.74) is 2.98. The highest BCUT2D eigenvalue weighted by atomic mass is 16.7. The number of aliphatic hydroxyl groups is 2. The third-order valence-electron chi connectivity index (χ3n) is 10.9. The number of unbranched alkanes of at least 4 members (excludes halogenated alkanes) is 2. The number of fused-ring (bicyclic) bond motifs is 2. The average Bonchev–Trinajstić information content (AvgIpc) is 4.03. The van der Waals surface area contributed by atoms with Gasteiger partial charge in [0.1, 0.15) is 30.8 Å². The van der Waals surface area contributed by atoms with Crippen molar-refractivity contribution in [3.05, 3.63) is 48.1 Å². The van der Waals surface area contributed by atoms with Gasteiger partial charge >= 0.3 is 0 Å². The number of aliphatic hydroxyl groups excluding tert-OH is 2. The van der Waals surface area contributed by atoms with Crippen LogP contribution in [0.5, 0.6) is 11.5 Å². The van der Waals surface area contributed by atoms with Gasteiger partial charge in [0, 0.05) is 63.7 Å². The monoisotopic (exact) mass is 665 g/mol. The van der Waals surface area contributed by atoms with Crippen LogP contribution in [0.1, 0.15) is 76.2 Å². The Kier molecular flexibility index (Phi) is 11.5. The van der Waals surface area contributed by atoms with E-state index in [0.717, 1.165) is 99.3 Å². The molecule has 2 heterocycles. The smallest absolute Gasteiger partial charge is 0.239 e. The molecule has 2 aliphatic heterocycles. The number of hydrogen-bond acceptors (Lipinski definition) is 9. The van der Waals surface area contributed by atoms with Gasteiger partial charge in [-0.1, -0.05) is 30.1 Å². The van der Waals surface area contributed by atoms with E-state index in [-0.39, 0.29) is 55.3 Å². The minimum atomic E-state index is -1.19. The first-order valence-electron chi connectivity index (χ1n) is 18.3. The molecule has 0 bridgehead atoms. The molecule has 3 aliphatic carbocycles. The second kappa shape index (κ2) is 15.7. The molecule has 0 aromatic heterocycles. The van der Waals surface area contributed by atoms with Crippen LogP contribution in [0.2, 0.25) is 0 Å². The van der Waals surface area contributed by atoms with Crippen LogP contribution in [0.4, 0.5) is 0 Å². The lowest BCUT2D eigenvalue weighted by Crippen LogP contribution is -2.69. The van der Waals surface area contributed by atoms with Crippen LogP contribution in [0.15, 0.2) is 47.7 Å². The van der Waals surface area contributed by atoms with E-state index in [1.807, 2.05) is 31.0 Å². The zero-order valence-electron chi connectivity index (χ0n) is 28.9. The first kappa shape index (κ1) is 34.9. The van der Waals surface area contributed by atoms with E-state index in [1.165, 1.54) is 0 Å². The maximum absolute atomic E-state index is 13.8. The molecule has 10 heteroatoms. The van der Waals surface area contributed by atoms with Gasteiger partial charge in [-0.3, -0.25) is 9.69 Å². The summed E-state index contributed by atoms with van der Waals surface area (Å²) in [5, 5.41) is 24.2. The Morgan fingerprint density at radius 2 is 1.94 bits per heavy atom. The quantitative estimate of drug-likeness (QED) is 0.0929. The summed E-state index contributed by atoms with van der Waals surface area (Å²) < 4.78 is 20.4. The molecule has 1 aromatic rings. The number of nitrogens with zero attached hydrogens (tertiary/aromatic N) is 3. The molecule has 1 aromatic carbocycles. The van der Waals surface area contributed by atoms with Gasteiger partial charge in [-0.2, -0.15) is 0 Å². The Labute approximate surface area is 285 Å². The van der Waals surface area contributed by atoms with Crippen LogP contribution in [0.25, 0.3) is 0 Å². The number of carbonyl (C=O) groups is 1. The van der Waals surface area contributed by atoms with Crippen LogP contribution in [-0.4, -0.2) is 103 Å². The molecule has 6 rings (SSSR count). The van der Waals surface area contributed by atoms with Gasteiger partial charge in [0.05, 0.1) is 18.2 Å². The lowest BCUT2D eigenvalue weighted by atomic mass is 9.55. The molecule has 0 radical (unpaired) electrons. The molecular weight excluding hydrogens is 610 g/mol. The van der Waals surface area contributed by atoms with Gasteiger partial charge in [0.25, 0.3) is 0 Å². The summed E-state index contributed by atoms with van der Waals surface area (Å²) in [4.78, 5) is 23.8. The largest absolute Gasteiger partial charge is 0.492 e. The maximum atomic E-state index is 13.8. The Morgan fingerprint density at radius 1 is 1.17 bits per heavy atom. The third kappa shape index (κ3) is 7.32. The summed E-state index contributed by atoms with van der Waals surface area (Å²) in [6, 6.07) is 5.72. The number of allylic oxidation sites excluding steroid dienone is 1. The van der Waals surface area contributed by atoms with E-state index < -0.39 is 11.8 Å². The van der Waals surface area contributed by atoms with Crippen molar-refractivity contribution in [3.8, 4) is 11.5 Å². The molecule has 0 unspecified atom stereocenters. The van der Waals surface area contributed by atoms with E-state index in [1.54, 1.807) is 6.08 Å². The van der Waals surface area contributed by atoms with Crippen molar-refractivity contribution in [2.75, 3.05) is 59.7 Å². The van der Waals surface area contributed by atoms with E-state index in [0.29, 0.717) is 19.6 Å². The van der Waals surface area contributed by atoms with Crippen molar-refractivity contribution in [1.82, 2.24) is 9.80 Å². The predicted molar refractivity (Wildman–Crippen MR) is 184 cm³/mol. The fourth-order valence-corrected chi connectivity index (χ4v) is 8.32. The molecule has 2 saturated carbocycles. The zero-order chi connectivity index (χ0) is 33.7. The first-order chi connectivity index (χ1) is 23.4. The minimum absolute atomic E-state index is 0.0301. The summed E-state index contributed by atoms with van der Waals surface area (Å²) in [7, 11) is 1.89. The second-order valence-electron chi connectivity index (χ2n) is 14.1. The van der Waals surface area contributed by atoms with Crippen molar-refractivity contribution < 1.29 is 34.1 Å². The lowest BCUT2D eigenvalue weighted by Gasteiger charge is -2.59. The standard InChI is InChI=1S/C38H55N3O7/c1-4-21-46-38-34(40(3)37(44)26-12-13-26)25-32(39-47-5-2)30-23-27(10-6-8-19-42)29(11-7-9-20-43)35(36(30)38)31-24-28(14-15-33(31)48-38)45-22-18-41-16-17-41/h4,14-15,23-24,26-27,29,34-36,42-43H,1,5-13,16-22,25H2,2-3H3/t27-,29+,34-,35+,36+,38+/m0/s1. The fraction of sp³-hybridized carbons (Fsp3) is 0.684. The summed E-state index contributed by atoms with van der Waals surface area (Å²) >= 11 is 0. The minimum Gasteiger partial charge on any atom is -0.492 e. The van der Waals surface area contributed by atoms with Gasteiger partial charge in [0.15, 0.2) is 0 Å². The van der Waals surface area contributed by atoms with Crippen molar-refractivity contribution in [2.24, 2.45) is 28.8 Å². The number of likely N-dealkylation sites (N-methyl/N-ethyl adjacent to an activating group) is 1. The van der Waals surface area contributed by atoms with Crippen LogP contribution in [0.3, 0.4) is 0 Å². The van der Waals surface area contributed by atoms with Crippen molar-refractivity contribution >= 4 is 11.6 Å². The number of ether oxygens (including phenoxy) is 3. The molecule has 2 N–H and O–H groups in total. The highest BCUT2D eigenvalue weighted by Crippen LogP contribution is 2.62. The fourth-order valence-electron chi connectivity index (χ4n) is 8.32. The van der Waals surface area contributed by atoms with Gasteiger partial charge in [-0.05, 0) is 81.1 Å². The van der Waals surface area contributed by atoms with Gasteiger partial charge in [0.2, 0.25) is 11.7 Å². The summed E-state index contributed by atoms with van der Waals surface area (Å²) in [6.45, 7) is 10.7. The molecule has 1 amide bonds. The van der Waals surface area contributed by atoms with Crippen molar-refractivity contribution in [1.29, 1.82) is 0 Å². The van der Waals surface area contributed by atoms with Gasteiger partial charge in [-0.15, -0.1) is 6.58 Å². The van der Waals surface area contributed by atoms with Gasteiger partial charge < -0.3 is 34.2 Å². The van der Waals surface area contributed by atoms with E-state index in [9.17, 15) is 15.0 Å². The van der Waals surface area contributed by atoms with Crippen molar-refractivity contribution in [3.63, 3.8) is 0 Å². The number of hydrogen-bond donors (Lipinski definition) is 2. The molecule has 1 saturated heterocycles. The highest BCUT2D eigenvalue weighted by Gasteiger charge is 2.65. The number of carbonyl (C=O) groups excluding carboxylic acids is 1. The Balaban J connectivity index is 1.51. The average molecular weight is 666 g/mol. The van der Waals surface area contributed by atoms with Crippen LogP contribution >= 0.6 is 0 Å². The first-order valence-corrected chi connectivity index (χ1v) is 18.3. The molecule has 6 atom stereocenters. The Morgan fingerprint density at radius 3 is 2.62 bits per heavy atom. The molecule has 48 heavy (non-hydrogen) atoms. The normalized spacial score (nSPS) is 29.7.